The summed E-state index contributed by atoms with van der Waals surface area (Å²) in [6, 6.07) is 4.74. The normalized spacial score (nSPS) is 18.3. The van der Waals surface area contributed by atoms with Gasteiger partial charge in [0.25, 0.3) is 0 Å². The molecule has 1 aromatic heterocycles. The third-order valence-corrected chi connectivity index (χ3v) is 2.88. The third kappa shape index (κ3) is 3.25. The molecule has 0 aromatic carbocycles. The van der Waals surface area contributed by atoms with Gasteiger partial charge in [-0.25, -0.2) is 4.98 Å². The fraction of sp³-hybridized carbons (Fsp3) is 0.500. The number of aliphatic hydroxyl groups excluding tert-OH is 1. The second-order valence-corrected chi connectivity index (χ2v) is 4.05. The number of hydrogen-bond acceptors (Lipinski definition) is 5. The first-order valence-electron chi connectivity index (χ1n) is 5.96. The molecule has 98 valence electrons. The standard InChI is InChI=1S/C12H17N3O3/c16-9-10(15-5-7-18-8-6-15)12(17)14-11-3-1-2-4-13-11/h1-4,10,16H,5-9H2,(H,13,14,17). The lowest BCUT2D eigenvalue weighted by molar-refractivity contribution is -0.124. The van der Waals surface area contributed by atoms with Crippen LogP contribution in [0.15, 0.2) is 24.4 Å². The zero-order valence-corrected chi connectivity index (χ0v) is 10.1. The zero-order chi connectivity index (χ0) is 12.8. The number of morpholine rings is 1. The van der Waals surface area contributed by atoms with E-state index in [0.717, 1.165) is 0 Å². The van der Waals surface area contributed by atoms with Gasteiger partial charge >= 0.3 is 0 Å². The first kappa shape index (κ1) is 12.9. The number of aromatic nitrogens is 1. The van der Waals surface area contributed by atoms with Crippen molar-refractivity contribution >= 4 is 11.7 Å². The number of carbonyl (C=O) groups excluding carboxylic acids is 1. The lowest BCUT2D eigenvalue weighted by Crippen LogP contribution is -2.51. The van der Waals surface area contributed by atoms with Crippen molar-refractivity contribution in [2.45, 2.75) is 6.04 Å². The SMILES string of the molecule is O=C(Nc1ccccn1)C(CO)N1CCOCC1. The molecule has 0 spiro atoms. The molecule has 0 bridgehead atoms. The van der Waals surface area contributed by atoms with Crippen LogP contribution in [0.3, 0.4) is 0 Å². The van der Waals surface area contributed by atoms with E-state index in [1.807, 2.05) is 4.90 Å². The number of ether oxygens (including phenoxy) is 1. The van der Waals surface area contributed by atoms with Crippen LogP contribution < -0.4 is 5.32 Å². The highest BCUT2D eigenvalue weighted by molar-refractivity contribution is 5.94. The number of nitrogens with zero attached hydrogens (tertiary/aromatic N) is 2. The van der Waals surface area contributed by atoms with Gasteiger partial charge in [0.2, 0.25) is 5.91 Å². The van der Waals surface area contributed by atoms with E-state index < -0.39 is 6.04 Å². The minimum absolute atomic E-state index is 0.210. The van der Waals surface area contributed by atoms with E-state index in [-0.39, 0.29) is 12.5 Å². The van der Waals surface area contributed by atoms with Crippen molar-refractivity contribution < 1.29 is 14.6 Å². The van der Waals surface area contributed by atoms with Crippen molar-refractivity contribution in [2.75, 3.05) is 38.2 Å². The lowest BCUT2D eigenvalue weighted by atomic mass is 10.2. The van der Waals surface area contributed by atoms with Crippen molar-refractivity contribution in [3.63, 3.8) is 0 Å². The molecule has 6 heteroatoms. The maximum atomic E-state index is 12.0. The van der Waals surface area contributed by atoms with E-state index in [1.165, 1.54) is 0 Å². The molecule has 6 nitrogen and oxygen atoms in total. The van der Waals surface area contributed by atoms with Gasteiger partial charge in [-0.1, -0.05) is 6.07 Å². The van der Waals surface area contributed by atoms with Crippen LogP contribution in [0.5, 0.6) is 0 Å². The zero-order valence-electron chi connectivity index (χ0n) is 10.1. The quantitative estimate of drug-likeness (QED) is 0.769. The molecule has 1 aliphatic heterocycles. The average molecular weight is 251 g/mol. The van der Waals surface area contributed by atoms with Crippen LogP contribution in [0.2, 0.25) is 0 Å². The van der Waals surface area contributed by atoms with Gasteiger partial charge in [-0.2, -0.15) is 0 Å². The Kier molecular flexibility index (Phi) is 4.63. The lowest BCUT2D eigenvalue weighted by Gasteiger charge is -2.32. The summed E-state index contributed by atoms with van der Waals surface area (Å²) < 4.78 is 5.23. The van der Waals surface area contributed by atoms with Crippen molar-refractivity contribution in [1.82, 2.24) is 9.88 Å². The number of rotatable bonds is 4. The van der Waals surface area contributed by atoms with Crippen LogP contribution in [-0.4, -0.2) is 59.8 Å². The van der Waals surface area contributed by atoms with E-state index in [0.29, 0.717) is 32.1 Å². The van der Waals surface area contributed by atoms with Crippen LogP contribution in [0.4, 0.5) is 5.82 Å². The molecule has 1 fully saturated rings. The van der Waals surface area contributed by atoms with Gasteiger partial charge in [0.1, 0.15) is 11.9 Å². The van der Waals surface area contributed by atoms with Crippen LogP contribution >= 0.6 is 0 Å². The van der Waals surface area contributed by atoms with Gasteiger partial charge in [0.15, 0.2) is 0 Å². The highest BCUT2D eigenvalue weighted by Crippen LogP contribution is 2.07. The fourth-order valence-electron chi connectivity index (χ4n) is 1.90. The summed E-state index contributed by atoms with van der Waals surface area (Å²) in [6.45, 7) is 2.28. The molecule has 1 amide bonds. The summed E-state index contributed by atoms with van der Waals surface area (Å²) in [7, 11) is 0. The second kappa shape index (κ2) is 6.44. The smallest absolute Gasteiger partial charge is 0.245 e. The Bertz CT molecular complexity index is 379. The first-order valence-corrected chi connectivity index (χ1v) is 5.96. The number of pyridine rings is 1. The van der Waals surface area contributed by atoms with E-state index in [9.17, 15) is 9.90 Å². The molecule has 0 aliphatic carbocycles. The molecule has 1 atom stereocenters. The summed E-state index contributed by atoms with van der Waals surface area (Å²) >= 11 is 0. The van der Waals surface area contributed by atoms with Crippen molar-refractivity contribution in [1.29, 1.82) is 0 Å². The fourth-order valence-corrected chi connectivity index (χ4v) is 1.90. The summed E-state index contributed by atoms with van der Waals surface area (Å²) in [4.78, 5) is 18.0. The molecule has 0 radical (unpaired) electrons. The molecule has 2 heterocycles. The average Bonchev–Trinajstić information content (AvgIpc) is 2.42. The Morgan fingerprint density at radius 2 is 2.28 bits per heavy atom. The topological polar surface area (TPSA) is 74.7 Å². The summed E-state index contributed by atoms with van der Waals surface area (Å²) in [5.41, 5.74) is 0. The first-order chi connectivity index (χ1) is 8.81. The molecule has 0 saturated carbocycles. The van der Waals surface area contributed by atoms with Crippen LogP contribution in [0.25, 0.3) is 0 Å². The molecule has 18 heavy (non-hydrogen) atoms. The minimum atomic E-state index is -0.545. The number of carbonyl (C=O) groups is 1. The van der Waals surface area contributed by atoms with Gasteiger partial charge in [-0.05, 0) is 12.1 Å². The molecule has 1 aromatic rings. The highest BCUT2D eigenvalue weighted by Gasteiger charge is 2.26. The number of anilines is 1. The summed E-state index contributed by atoms with van der Waals surface area (Å²) in [5.74, 6) is 0.257. The van der Waals surface area contributed by atoms with Crippen molar-refractivity contribution in [3.8, 4) is 0 Å². The molecule has 1 aliphatic rings. The maximum Gasteiger partial charge on any atom is 0.245 e. The highest BCUT2D eigenvalue weighted by atomic mass is 16.5. The van der Waals surface area contributed by atoms with Crippen molar-refractivity contribution in [3.05, 3.63) is 24.4 Å². The summed E-state index contributed by atoms with van der Waals surface area (Å²) in [5, 5.41) is 12.1. The largest absolute Gasteiger partial charge is 0.394 e. The predicted octanol–water partition coefficient (Wildman–Crippen LogP) is -0.287. The van der Waals surface area contributed by atoms with Gasteiger partial charge in [0, 0.05) is 19.3 Å². The van der Waals surface area contributed by atoms with E-state index >= 15 is 0 Å². The van der Waals surface area contributed by atoms with Gasteiger partial charge in [0.05, 0.1) is 19.8 Å². The third-order valence-electron chi connectivity index (χ3n) is 2.88. The van der Waals surface area contributed by atoms with E-state index in [4.69, 9.17) is 4.74 Å². The van der Waals surface area contributed by atoms with Gasteiger partial charge in [-0.15, -0.1) is 0 Å². The molecular formula is C12H17N3O3. The number of hydrogen-bond donors (Lipinski definition) is 2. The Labute approximate surface area is 106 Å². The predicted molar refractivity (Wildman–Crippen MR) is 66.1 cm³/mol. The molecule has 2 rings (SSSR count). The Morgan fingerprint density at radius 1 is 1.50 bits per heavy atom. The van der Waals surface area contributed by atoms with Gasteiger partial charge < -0.3 is 15.2 Å². The van der Waals surface area contributed by atoms with Gasteiger partial charge in [-0.3, -0.25) is 9.69 Å². The molecule has 1 unspecified atom stereocenters. The molecular weight excluding hydrogens is 234 g/mol. The number of aliphatic hydroxyl groups is 1. The second-order valence-electron chi connectivity index (χ2n) is 4.05. The van der Waals surface area contributed by atoms with Crippen LogP contribution in [0, 0.1) is 0 Å². The number of nitrogens with one attached hydrogen (secondary N) is 1. The van der Waals surface area contributed by atoms with Crippen LogP contribution in [0.1, 0.15) is 0 Å². The van der Waals surface area contributed by atoms with E-state index in [1.54, 1.807) is 24.4 Å². The summed E-state index contributed by atoms with van der Waals surface area (Å²) in [6.07, 6.45) is 1.61. The van der Waals surface area contributed by atoms with E-state index in [2.05, 4.69) is 10.3 Å². The Hall–Kier alpha value is -1.50. The number of amides is 1. The molecule has 1 saturated heterocycles. The van der Waals surface area contributed by atoms with Crippen LogP contribution in [-0.2, 0) is 9.53 Å². The minimum Gasteiger partial charge on any atom is -0.394 e. The monoisotopic (exact) mass is 251 g/mol. The Balaban J connectivity index is 1.96. The van der Waals surface area contributed by atoms with Crippen molar-refractivity contribution in [2.24, 2.45) is 0 Å². The maximum absolute atomic E-state index is 12.0. The molecule has 2 N–H and O–H groups in total. The Morgan fingerprint density at radius 3 is 2.89 bits per heavy atom.